The topological polar surface area (TPSA) is 76.1 Å². The Hall–Kier alpha value is -2.83. The van der Waals surface area contributed by atoms with Gasteiger partial charge in [-0.1, -0.05) is 23.7 Å². The molecular weight excluding hydrogens is 406 g/mol. The number of ketones is 1. The Morgan fingerprint density at radius 3 is 2.63 bits per heavy atom. The highest BCUT2D eigenvalue weighted by molar-refractivity contribution is 6.46. The smallest absolute Gasteiger partial charge is 0.295 e. The van der Waals surface area contributed by atoms with Crippen LogP contribution in [0.3, 0.4) is 0 Å². The fourth-order valence-electron chi connectivity index (χ4n) is 4.00. The van der Waals surface area contributed by atoms with Crippen LogP contribution < -0.4 is 4.74 Å². The summed E-state index contributed by atoms with van der Waals surface area (Å²) in [6.07, 6.45) is 1.61. The van der Waals surface area contributed by atoms with Gasteiger partial charge in [0, 0.05) is 23.7 Å². The highest BCUT2D eigenvalue weighted by Gasteiger charge is 2.47. The van der Waals surface area contributed by atoms with Gasteiger partial charge in [-0.05, 0) is 54.8 Å². The van der Waals surface area contributed by atoms with Gasteiger partial charge in [0.15, 0.2) is 0 Å². The molecule has 156 valence electrons. The number of ether oxygens (including phenoxy) is 2. The average molecular weight is 428 g/mol. The predicted molar refractivity (Wildman–Crippen MR) is 112 cm³/mol. The molecule has 2 aliphatic rings. The summed E-state index contributed by atoms with van der Waals surface area (Å²) in [7, 11) is 1.55. The average Bonchev–Trinajstić information content (AvgIpc) is 3.36. The molecular formula is C23H22ClNO5. The van der Waals surface area contributed by atoms with Crippen molar-refractivity contribution in [3.8, 4) is 5.75 Å². The molecule has 1 N–H and O–H groups in total. The van der Waals surface area contributed by atoms with Crippen LogP contribution in [0.25, 0.3) is 5.76 Å². The second-order valence-electron chi connectivity index (χ2n) is 7.37. The maximum absolute atomic E-state index is 13.0. The van der Waals surface area contributed by atoms with Gasteiger partial charge in [0.05, 0.1) is 24.8 Å². The molecule has 7 heteroatoms. The molecule has 1 amide bonds. The van der Waals surface area contributed by atoms with E-state index in [0.29, 0.717) is 28.5 Å². The fourth-order valence-corrected chi connectivity index (χ4v) is 4.20. The van der Waals surface area contributed by atoms with Gasteiger partial charge in [-0.25, -0.2) is 0 Å². The van der Waals surface area contributed by atoms with Gasteiger partial charge in [-0.2, -0.15) is 0 Å². The third kappa shape index (κ3) is 3.80. The summed E-state index contributed by atoms with van der Waals surface area (Å²) >= 11 is 6.19. The molecule has 2 fully saturated rings. The first-order chi connectivity index (χ1) is 14.5. The lowest BCUT2D eigenvalue weighted by Gasteiger charge is -2.27. The summed E-state index contributed by atoms with van der Waals surface area (Å²) in [6, 6.07) is 12.9. The SMILES string of the molecule is COc1ccc(/C(O)=C2\C(=O)C(=O)N(CC3CCCO3)C2c2cccc(Cl)c2)cc1. The lowest BCUT2D eigenvalue weighted by molar-refractivity contribution is -0.140. The zero-order valence-electron chi connectivity index (χ0n) is 16.5. The zero-order chi connectivity index (χ0) is 21.3. The molecule has 2 heterocycles. The van der Waals surface area contributed by atoms with Gasteiger partial charge in [-0.3, -0.25) is 9.59 Å². The van der Waals surface area contributed by atoms with Crippen molar-refractivity contribution in [2.75, 3.05) is 20.3 Å². The van der Waals surface area contributed by atoms with E-state index in [1.165, 1.54) is 4.90 Å². The van der Waals surface area contributed by atoms with Crippen LogP contribution in [0.1, 0.15) is 30.0 Å². The standard InChI is InChI=1S/C23H22ClNO5/c1-29-17-9-7-14(8-10-17)21(26)19-20(15-4-2-5-16(24)12-15)25(23(28)22(19)27)13-18-6-3-11-30-18/h2,4-5,7-10,12,18,20,26H,3,6,11,13H2,1H3/b21-19+. The summed E-state index contributed by atoms with van der Waals surface area (Å²) in [5, 5.41) is 11.5. The number of rotatable bonds is 5. The van der Waals surface area contributed by atoms with Crippen LogP contribution in [0.15, 0.2) is 54.1 Å². The number of aliphatic hydroxyl groups is 1. The first-order valence-electron chi connectivity index (χ1n) is 9.79. The number of carbonyl (C=O) groups is 2. The van der Waals surface area contributed by atoms with Crippen molar-refractivity contribution in [1.29, 1.82) is 0 Å². The van der Waals surface area contributed by atoms with Crippen molar-refractivity contribution in [1.82, 2.24) is 4.90 Å². The molecule has 0 saturated carbocycles. The monoisotopic (exact) mass is 427 g/mol. The number of hydrogen-bond donors (Lipinski definition) is 1. The maximum Gasteiger partial charge on any atom is 0.295 e. The number of likely N-dealkylation sites (tertiary alicyclic amines) is 1. The summed E-state index contributed by atoms with van der Waals surface area (Å²) in [6.45, 7) is 0.920. The van der Waals surface area contributed by atoms with Crippen molar-refractivity contribution in [2.24, 2.45) is 0 Å². The van der Waals surface area contributed by atoms with Crippen LogP contribution in [-0.4, -0.2) is 48.1 Å². The van der Waals surface area contributed by atoms with Gasteiger partial charge in [0.2, 0.25) is 0 Å². The highest BCUT2D eigenvalue weighted by Crippen LogP contribution is 2.40. The highest BCUT2D eigenvalue weighted by atomic mass is 35.5. The number of Topliss-reactive ketones (excluding diaryl/α,β-unsaturated/α-hetero) is 1. The van der Waals surface area contributed by atoms with E-state index >= 15 is 0 Å². The minimum Gasteiger partial charge on any atom is -0.507 e. The van der Waals surface area contributed by atoms with E-state index in [0.717, 1.165) is 12.8 Å². The van der Waals surface area contributed by atoms with Crippen molar-refractivity contribution < 1.29 is 24.2 Å². The largest absolute Gasteiger partial charge is 0.507 e. The summed E-state index contributed by atoms with van der Waals surface area (Å²) < 4.78 is 10.8. The van der Waals surface area contributed by atoms with E-state index < -0.39 is 17.7 Å². The van der Waals surface area contributed by atoms with Crippen LogP contribution in [0.4, 0.5) is 0 Å². The van der Waals surface area contributed by atoms with E-state index in [-0.39, 0.29) is 24.0 Å². The molecule has 2 atom stereocenters. The zero-order valence-corrected chi connectivity index (χ0v) is 17.3. The van der Waals surface area contributed by atoms with E-state index in [9.17, 15) is 14.7 Å². The first-order valence-corrected chi connectivity index (χ1v) is 10.2. The number of nitrogens with zero attached hydrogens (tertiary/aromatic N) is 1. The number of hydrogen-bond acceptors (Lipinski definition) is 5. The number of benzene rings is 2. The van der Waals surface area contributed by atoms with Crippen LogP contribution in [0, 0.1) is 0 Å². The predicted octanol–water partition coefficient (Wildman–Crippen LogP) is 3.95. The normalized spacial score (nSPS) is 23.2. The Morgan fingerprint density at radius 1 is 1.23 bits per heavy atom. The van der Waals surface area contributed by atoms with Gasteiger partial charge < -0.3 is 19.5 Å². The third-order valence-corrected chi connectivity index (χ3v) is 5.73. The summed E-state index contributed by atoms with van der Waals surface area (Å²) in [5.74, 6) is -0.968. The molecule has 6 nitrogen and oxygen atoms in total. The Balaban J connectivity index is 1.81. The van der Waals surface area contributed by atoms with Gasteiger partial charge in [0.25, 0.3) is 11.7 Å². The number of aliphatic hydroxyl groups excluding tert-OH is 1. The van der Waals surface area contributed by atoms with Crippen molar-refractivity contribution in [3.63, 3.8) is 0 Å². The lowest BCUT2D eigenvalue weighted by atomic mass is 9.95. The molecule has 0 aromatic heterocycles. The minimum atomic E-state index is -0.741. The molecule has 0 aliphatic carbocycles. The molecule has 2 saturated heterocycles. The summed E-state index contributed by atoms with van der Waals surface area (Å²) in [5.41, 5.74) is 1.14. The number of carbonyl (C=O) groups excluding carboxylic acids is 2. The molecule has 30 heavy (non-hydrogen) atoms. The van der Waals surface area contributed by atoms with Crippen LogP contribution in [0.2, 0.25) is 5.02 Å². The molecule has 2 aromatic rings. The molecule has 2 aromatic carbocycles. The second kappa shape index (κ2) is 8.50. The number of methoxy groups -OCH3 is 1. The van der Waals surface area contributed by atoms with Crippen molar-refractivity contribution in [3.05, 3.63) is 70.3 Å². The van der Waals surface area contributed by atoms with E-state index in [4.69, 9.17) is 21.1 Å². The van der Waals surface area contributed by atoms with E-state index in [2.05, 4.69) is 0 Å². The number of halogens is 1. The van der Waals surface area contributed by atoms with Crippen LogP contribution in [-0.2, 0) is 14.3 Å². The van der Waals surface area contributed by atoms with Gasteiger partial charge >= 0.3 is 0 Å². The molecule has 2 unspecified atom stereocenters. The number of amides is 1. The van der Waals surface area contributed by atoms with Crippen LogP contribution >= 0.6 is 11.6 Å². The molecule has 0 bridgehead atoms. The van der Waals surface area contributed by atoms with E-state index in [1.807, 2.05) is 0 Å². The molecule has 0 radical (unpaired) electrons. The maximum atomic E-state index is 13.0. The molecule has 0 spiro atoms. The van der Waals surface area contributed by atoms with Gasteiger partial charge in [0.1, 0.15) is 11.5 Å². The molecule has 2 aliphatic heterocycles. The van der Waals surface area contributed by atoms with Crippen molar-refractivity contribution in [2.45, 2.75) is 25.0 Å². The minimum absolute atomic E-state index is 0.0467. The van der Waals surface area contributed by atoms with E-state index in [1.54, 1.807) is 55.6 Å². The lowest BCUT2D eigenvalue weighted by Crippen LogP contribution is -2.36. The Labute approximate surface area is 179 Å². The second-order valence-corrected chi connectivity index (χ2v) is 7.81. The molecule has 4 rings (SSSR count). The summed E-state index contributed by atoms with van der Waals surface area (Å²) in [4.78, 5) is 27.4. The quantitative estimate of drug-likeness (QED) is 0.444. The Morgan fingerprint density at radius 2 is 2.00 bits per heavy atom. The Kier molecular flexibility index (Phi) is 5.79. The first kappa shape index (κ1) is 20.4. The fraction of sp³-hybridized carbons (Fsp3) is 0.304. The van der Waals surface area contributed by atoms with Gasteiger partial charge in [-0.15, -0.1) is 0 Å². The van der Waals surface area contributed by atoms with Crippen molar-refractivity contribution >= 4 is 29.1 Å². The van der Waals surface area contributed by atoms with Crippen LogP contribution in [0.5, 0.6) is 5.75 Å². The third-order valence-electron chi connectivity index (χ3n) is 5.49. The Bertz CT molecular complexity index is 995.